The number of benzene rings is 2. The topological polar surface area (TPSA) is 76.4 Å². The van der Waals surface area contributed by atoms with Crippen LogP contribution in [0.5, 0.6) is 5.75 Å². The van der Waals surface area contributed by atoms with Gasteiger partial charge in [0.15, 0.2) is 27.5 Å². The molecule has 0 amide bonds. The van der Waals surface area contributed by atoms with Crippen molar-refractivity contribution in [2.45, 2.75) is 22.2 Å². The smallest absolute Gasteiger partial charge is 0.189 e. The van der Waals surface area contributed by atoms with Crippen LogP contribution in [0.3, 0.4) is 0 Å². The molecule has 9 heteroatoms. The number of rotatable bonds is 2. The van der Waals surface area contributed by atoms with Crippen LogP contribution in [0.1, 0.15) is 12.0 Å². The number of nitrogens with zero attached hydrogens (tertiary/aromatic N) is 1. The predicted molar refractivity (Wildman–Crippen MR) is 95.6 cm³/mol. The van der Waals surface area contributed by atoms with Gasteiger partial charge in [-0.1, -0.05) is 11.6 Å². The fraction of sp³-hybridized carbons (Fsp3) is 0.316. The quantitative estimate of drug-likeness (QED) is 0.734. The van der Waals surface area contributed by atoms with Gasteiger partial charge in [0.2, 0.25) is 0 Å². The Morgan fingerprint density at radius 2 is 1.82 bits per heavy atom. The van der Waals surface area contributed by atoms with Crippen molar-refractivity contribution in [3.05, 3.63) is 58.6 Å². The molecule has 2 aromatic rings. The van der Waals surface area contributed by atoms with Gasteiger partial charge in [-0.3, -0.25) is 0 Å². The molecule has 4 rings (SSSR count). The molecule has 1 saturated heterocycles. The van der Waals surface area contributed by atoms with Crippen LogP contribution < -0.4 is 4.74 Å². The van der Waals surface area contributed by atoms with Crippen molar-refractivity contribution in [1.29, 1.82) is 5.26 Å². The van der Waals surface area contributed by atoms with Crippen molar-refractivity contribution < 1.29 is 26.7 Å². The minimum Gasteiger partial charge on any atom is -0.490 e. The molecule has 2 aliphatic rings. The monoisotopic (exact) mass is 425 g/mol. The van der Waals surface area contributed by atoms with E-state index < -0.39 is 44.0 Å². The summed E-state index contributed by atoms with van der Waals surface area (Å²) in [5.74, 6) is -3.24. The van der Waals surface area contributed by atoms with E-state index in [2.05, 4.69) is 0 Å². The minimum absolute atomic E-state index is 0.1000. The third-order valence-corrected chi connectivity index (χ3v) is 8.17. The normalized spacial score (nSPS) is 26.5. The molecule has 0 aliphatic carbocycles. The van der Waals surface area contributed by atoms with Crippen molar-refractivity contribution in [3.8, 4) is 11.8 Å². The van der Waals surface area contributed by atoms with Crippen LogP contribution in [-0.2, 0) is 19.3 Å². The third-order valence-electron chi connectivity index (χ3n) is 5.36. The first-order chi connectivity index (χ1) is 13.3. The van der Waals surface area contributed by atoms with Crippen LogP contribution >= 0.6 is 11.6 Å². The van der Waals surface area contributed by atoms with Crippen LogP contribution in [0.25, 0.3) is 0 Å². The molecule has 0 saturated carbocycles. The Morgan fingerprint density at radius 1 is 1.14 bits per heavy atom. The summed E-state index contributed by atoms with van der Waals surface area (Å²) >= 11 is 5.87. The Morgan fingerprint density at radius 3 is 2.50 bits per heavy atom. The molecule has 2 heterocycles. The van der Waals surface area contributed by atoms with Crippen molar-refractivity contribution in [3.63, 3.8) is 0 Å². The zero-order chi connectivity index (χ0) is 20.1. The summed E-state index contributed by atoms with van der Waals surface area (Å²) in [7, 11) is -4.27. The van der Waals surface area contributed by atoms with E-state index in [0.29, 0.717) is 5.02 Å². The molecule has 0 spiro atoms. The van der Waals surface area contributed by atoms with Gasteiger partial charge in [-0.15, -0.1) is 0 Å². The highest BCUT2D eigenvalue weighted by Crippen LogP contribution is 2.55. The number of halogens is 3. The van der Waals surface area contributed by atoms with Gasteiger partial charge >= 0.3 is 0 Å². The lowest BCUT2D eigenvalue weighted by molar-refractivity contribution is -0.0441. The largest absolute Gasteiger partial charge is 0.490 e. The number of hydrogen-bond acceptors (Lipinski definition) is 5. The van der Waals surface area contributed by atoms with Gasteiger partial charge in [0.1, 0.15) is 10.6 Å². The Hall–Kier alpha value is -2.21. The number of nitriles is 1. The van der Waals surface area contributed by atoms with Gasteiger partial charge in [-0.05, 0) is 42.8 Å². The summed E-state index contributed by atoms with van der Waals surface area (Å²) in [6.45, 7) is -0.393. The van der Waals surface area contributed by atoms with Gasteiger partial charge in [-0.2, -0.15) is 5.26 Å². The van der Waals surface area contributed by atoms with Crippen LogP contribution in [0.4, 0.5) is 8.78 Å². The number of fused-ring (bicyclic) bond motifs is 3. The van der Waals surface area contributed by atoms with Crippen LogP contribution in [0.2, 0.25) is 5.02 Å². The van der Waals surface area contributed by atoms with Crippen molar-refractivity contribution >= 4 is 21.4 Å². The van der Waals surface area contributed by atoms with Crippen molar-refractivity contribution in [1.82, 2.24) is 0 Å². The maximum Gasteiger partial charge on any atom is 0.189 e. The van der Waals surface area contributed by atoms with Gasteiger partial charge < -0.3 is 9.47 Å². The van der Waals surface area contributed by atoms with E-state index in [-0.39, 0.29) is 30.1 Å². The standard InChI is InChI=1S/C19H14ClF2NO4S/c20-11-1-3-12(4-2-11)28(24,25)19-7-8-26-16(9-23)13(19)10-27-18-15(22)6-5-14(21)17(18)19/h1-6,13,16H,7-8,10H2/t13-,16+,19-/m0/s1. The molecule has 1 fully saturated rings. The van der Waals surface area contributed by atoms with E-state index in [1.54, 1.807) is 0 Å². The maximum absolute atomic E-state index is 15.0. The second kappa shape index (κ2) is 6.69. The van der Waals surface area contributed by atoms with E-state index in [9.17, 15) is 22.5 Å². The van der Waals surface area contributed by atoms with Crippen molar-refractivity contribution in [2.75, 3.05) is 13.2 Å². The summed E-state index contributed by atoms with van der Waals surface area (Å²) in [6.07, 6.45) is -1.29. The molecule has 28 heavy (non-hydrogen) atoms. The molecule has 5 nitrogen and oxygen atoms in total. The third kappa shape index (κ3) is 2.54. The molecule has 3 atom stereocenters. The zero-order valence-corrected chi connectivity index (χ0v) is 15.9. The first-order valence-corrected chi connectivity index (χ1v) is 10.3. The molecular formula is C19H14ClF2NO4S. The van der Waals surface area contributed by atoms with Gasteiger partial charge in [0.25, 0.3) is 0 Å². The van der Waals surface area contributed by atoms with Crippen molar-refractivity contribution in [2.24, 2.45) is 5.92 Å². The average Bonchev–Trinajstić information content (AvgIpc) is 2.69. The van der Waals surface area contributed by atoms with E-state index in [1.807, 2.05) is 6.07 Å². The van der Waals surface area contributed by atoms with E-state index in [0.717, 1.165) is 12.1 Å². The minimum atomic E-state index is -4.27. The fourth-order valence-electron chi connectivity index (χ4n) is 4.08. The van der Waals surface area contributed by atoms with Gasteiger partial charge in [0, 0.05) is 5.02 Å². The van der Waals surface area contributed by atoms with Crippen LogP contribution in [0.15, 0.2) is 41.3 Å². The Balaban J connectivity index is 2.06. The zero-order valence-electron chi connectivity index (χ0n) is 14.4. The van der Waals surface area contributed by atoms with Crippen LogP contribution in [-0.4, -0.2) is 27.7 Å². The molecule has 0 N–H and O–H groups in total. The average molecular weight is 426 g/mol. The lowest BCUT2D eigenvalue weighted by Gasteiger charge is -2.48. The van der Waals surface area contributed by atoms with E-state index in [4.69, 9.17) is 21.1 Å². The molecule has 146 valence electrons. The Kier molecular flexibility index (Phi) is 4.57. The van der Waals surface area contributed by atoms with E-state index >= 15 is 0 Å². The van der Waals surface area contributed by atoms with Gasteiger partial charge in [-0.25, -0.2) is 17.2 Å². The fourth-order valence-corrected chi connectivity index (χ4v) is 6.52. The second-order valence-corrected chi connectivity index (χ2v) is 9.31. The molecule has 0 unspecified atom stereocenters. The van der Waals surface area contributed by atoms with E-state index in [1.165, 1.54) is 24.3 Å². The summed E-state index contributed by atoms with van der Waals surface area (Å²) in [5, 5.41) is 9.81. The summed E-state index contributed by atoms with van der Waals surface area (Å²) < 4.78 is 65.8. The lowest BCUT2D eigenvalue weighted by Crippen LogP contribution is -2.57. The highest BCUT2D eigenvalue weighted by molar-refractivity contribution is 7.92. The first kappa shape index (κ1) is 19.1. The molecule has 0 radical (unpaired) electrons. The molecule has 2 aromatic carbocycles. The molecular weight excluding hydrogens is 412 g/mol. The summed E-state index contributed by atoms with van der Waals surface area (Å²) in [6, 6.07) is 9.12. The second-order valence-electron chi connectivity index (χ2n) is 6.67. The maximum atomic E-state index is 15.0. The summed E-state index contributed by atoms with van der Waals surface area (Å²) in [5.41, 5.74) is -0.387. The lowest BCUT2D eigenvalue weighted by atomic mass is 9.76. The molecule has 0 bridgehead atoms. The van der Waals surface area contributed by atoms with Crippen LogP contribution in [0, 0.1) is 28.9 Å². The predicted octanol–water partition coefficient (Wildman–Crippen LogP) is 3.61. The SMILES string of the molecule is N#C[C@H]1OCC[C@@]2(S(=O)(=O)c3ccc(Cl)cc3)c3c(F)ccc(F)c3OC[C@@H]12. The summed E-state index contributed by atoms with van der Waals surface area (Å²) in [4.78, 5) is -0.1000. The highest BCUT2D eigenvalue weighted by Gasteiger charge is 2.61. The Labute approximate surface area is 165 Å². The molecule has 0 aromatic heterocycles. The van der Waals surface area contributed by atoms with Gasteiger partial charge in [0.05, 0.1) is 35.7 Å². The first-order valence-electron chi connectivity index (χ1n) is 8.45. The number of sulfone groups is 1. The molecule has 2 aliphatic heterocycles. The number of hydrogen-bond donors (Lipinski definition) is 0. The number of ether oxygens (including phenoxy) is 2. The highest BCUT2D eigenvalue weighted by atomic mass is 35.5. The Bertz CT molecular complexity index is 1080.